The first kappa shape index (κ1) is 17.8. The van der Waals surface area contributed by atoms with Gasteiger partial charge in [-0.15, -0.1) is 0 Å². The van der Waals surface area contributed by atoms with Crippen LogP contribution in [0.3, 0.4) is 0 Å². The number of hydrogen-bond donors (Lipinski definition) is 0. The van der Waals surface area contributed by atoms with Gasteiger partial charge >= 0.3 is 0 Å². The van der Waals surface area contributed by atoms with Crippen LogP contribution in [-0.2, 0) is 0 Å². The Morgan fingerprint density at radius 2 is 1.46 bits per heavy atom. The van der Waals surface area contributed by atoms with Crippen LogP contribution < -0.4 is 15.0 Å². The first-order valence-corrected chi connectivity index (χ1v) is 8.93. The van der Waals surface area contributed by atoms with E-state index in [9.17, 15) is 4.79 Å². The minimum atomic E-state index is -0.185. The topological polar surface area (TPSA) is 53.4 Å². The molecule has 0 aliphatic rings. The van der Waals surface area contributed by atoms with Crippen LogP contribution >= 0.6 is 0 Å². The van der Waals surface area contributed by atoms with E-state index in [4.69, 9.17) is 9.47 Å². The number of nitrogens with zero attached hydrogens (tertiary/aromatic N) is 2. The molecule has 3 aromatic carbocycles. The van der Waals surface area contributed by atoms with Gasteiger partial charge in [0.2, 0.25) is 0 Å². The number of aromatic nitrogens is 2. The lowest BCUT2D eigenvalue weighted by Crippen LogP contribution is -2.22. The van der Waals surface area contributed by atoms with Crippen LogP contribution in [0.5, 0.6) is 11.5 Å². The van der Waals surface area contributed by atoms with Gasteiger partial charge in [0, 0.05) is 17.3 Å². The second-order valence-corrected chi connectivity index (χ2v) is 6.52. The number of fused-ring (bicyclic) bond motifs is 1. The summed E-state index contributed by atoms with van der Waals surface area (Å²) >= 11 is 0. The molecule has 5 nitrogen and oxygen atoms in total. The molecule has 0 saturated carbocycles. The number of aryl methyl sites for hydroxylation is 1. The van der Waals surface area contributed by atoms with Crippen molar-refractivity contribution in [1.29, 1.82) is 0 Å². The van der Waals surface area contributed by atoms with Crippen molar-refractivity contribution in [3.8, 4) is 28.4 Å². The molecular formula is C23H20N2O3. The molecule has 28 heavy (non-hydrogen) atoms. The van der Waals surface area contributed by atoms with Gasteiger partial charge in [-0.2, -0.15) is 0 Å². The van der Waals surface area contributed by atoms with E-state index in [1.165, 1.54) is 0 Å². The van der Waals surface area contributed by atoms with Crippen LogP contribution in [0.15, 0.2) is 71.5 Å². The van der Waals surface area contributed by atoms with Gasteiger partial charge in [0.1, 0.15) is 17.2 Å². The van der Waals surface area contributed by atoms with E-state index in [0.29, 0.717) is 22.5 Å². The van der Waals surface area contributed by atoms with Gasteiger partial charge in [-0.25, -0.2) is 4.98 Å². The summed E-state index contributed by atoms with van der Waals surface area (Å²) in [5.41, 5.74) is 4.28. The third kappa shape index (κ3) is 3.11. The smallest absolute Gasteiger partial charge is 0.282 e. The molecule has 0 N–H and O–H groups in total. The van der Waals surface area contributed by atoms with E-state index in [1.807, 2.05) is 73.7 Å². The fourth-order valence-electron chi connectivity index (χ4n) is 3.17. The molecule has 1 heterocycles. The first-order chi connectivity index (χ1) is 13.6. The van der Waals surface area contributed by atoms with Gasteiger partial charge in [-0.05, 0) is 43.3 Å². The SMILES string of the molecule is COc1ccc(-n2c(=O)c(-c3ccc(C)cc3)nc3ccc(OC)cc32)cc1. The van der Waals surface area contributed by atoms with Gasteiger partial charge in [-0.3, -0.25) is 9.36 Å². The Labute approximate surface area is 162 Å². The van der Waals surface area contributed by atoms with E-state index in [0.717, 1.165) is 22.6 Å². The number of ether oxygens (including phenoxy) is 2. The van der Waals surface area contributed by atoms with Gasteiger partial charge in [-0.1, -0.05) is 29.8 Å². The second-order valence-electron chi connectivity index (χ2n) is 6.52. The largest absolute Gasteiger partial charge is 0.497 e. The monoisotopic (exact) mass is 372 g/mol. The van der Waals surface area contributed by atoms with E-state index < -0.39 is 0 Å². The summed E-state index contributed by atoms with van der Waals surface area (Å²) in [6.07, 6.45) is 0. The first-order valence-electron chi connectivity index (χ1n) is 8.93. The highest BCUT2D eigenvalue weighted by atomic mass is 16.5. The molecule has 5 heteroatoms. The Morgan fingerprint density at radius 3 is 2.11 bits per heavy atom. The molecule has 4 rings (SSSR count). The molecule has 0 radical (unpaired) electrons. The summed E-state index contributed by atoms with van der Waals surface area (Å²) in [7, 11) is 3.22. The van der Waals surface area contributed by atoms with Crippen molar-refractivity contribution in [3.05, 3.63) is 82.6 Å². The summed E-state index contributed by atoms with van der Waals surface area (Å²) in [4.78, 5) is 18.1. The number of methoxy groups -OCH3 is 2. The zero-order chi connectivity index (χ0) is 19.7. The van der Waals surface area contributed by atoms with Crippen molar-refractivity contribution < 1.29 is 9.47 Å². The summed E-state index contributed by atoms with van der Waals surface area (Å²) in [5, 5.41) is 0. The molecular weight excluding hydrogens is 352 g/mol. The average molecular weight is 372 g/mol. The molecule has 0 aliphatic carbocycles. The van der Waals surface area contributed by atoms with E-state index in [2.05, 4.69) is 4.98 Å². The molecule has 0 atom stereocenters. The predicted octanol–water partition coefficient (Wildman–Crippen LogP) is 4.38. The lowest BCUT2D eigenvalue weighted by atomic mass is 10.1. The van der Waals surface area contributed by atoms with Crippen LogP contribution in [0.1, 0.15) is 5.56 Å². The lowest BCUT2D eigenvalue weighted by molar-refractivity contribution is 0.414. The Morgan fingerprint density at radius 1 is 0.821 bits per heavy atom. The zero-order valence-corrected chi connectivity index (χ0v) is 16.0. The lowest BCUT2D eigenvalue weighted by Gasteiger charge is -2.14. The van der Waals surface area contributed by atoms with Crippen molar-refractivity contribution in [1.82, 2.24) is 9.55 Å². The highest BCUT2D eigenvalue weighted by Gasteiger charge is 2.15. The van der Waals surface area contributed by atoms with Gasteiger partial charge in [0.05, 0.1) is 25.3 Å². The number of hydrogen-bond acceptors (Lipinski definition) is 4. The second kappa shape index (κ2) is 7.19. The maximum Gasteiger partial charge on any atom is 0.282 e. The maximum absolute atomic E-state index is 13.5. The summed E-state index contributed by atoms with van der Waals surface area (Å²) in [6.45, 7) is 2.01. The fraction of sp³-hybridized carbons (Fsp3) is 0.130. The van der Waals surface area contributed by atoms with Crippen molar-refractivity contribution >= 4 is 11.0 Å². The van der Waals surface area contributed by atoms with Crippen LogP contribution in [0.4, 0.5) is 0 Å². The molecule has 4 aromatic rings. The third-order valence-electron chi connectivity index (χ3n) is 4.72. The molecule has 0 spiro atoms. The maximum atomic E-state index is 13.5. The fourth-order valence-corrected chi connectivity index (χ4v) is 3.17. The predicted molar refractivity (Wildman–Crippen MR) is 111 cm³/mol. The van der Waals surface area contributed by atoms with Crippen LogP contribution in [0.2, 0.25) is 0 Å². The summed E-state index contributed by atoms with van der Waals surface area (Å²) in [5.74, 6) is 1.39. The summed E-state index contributed by atoms with van der Waals surface area (Å²) in [6, 6.07) is 20.7. The number of rotatable bonds is 4. The Hall–Kier alpha value is -3.60. The molecule has 0 saturated heterocycles. The van der Waals surface area contributed by atoms with Crippen molar-refractivity contribution in [2.75, 3.05) is 14.2 Å². The van der Waals surface area contributed by atoms with E-state index in [1.54, 1.807) is 18.8 Å². The van der Waals surface area contributed by atoms with Crippen molar-refractivity contribution in [2.24, 2.45) is 0 Å². The van der Waals surface area contributed by atoms with Crippen LogP contribution in [-0.4, -0.2) is 23.8 Å². The van der Waals surface area contributed by atoms with Crippen LogP contribution in [0, 0.1) is 6.92 Å². The molecule has 0 unspecified atom stereocenters. The molecule has 0 amide bonds. The number of benzene rings is 3. The minimum Gasteiger partial charge on any atom is -0.497 e. The third-order valence-corrected chi connectivity index (χ3v) is 4.72. The van der Waals surface area contributed by atoms with Gasteiger partial charge < -0.3 is 9.47 Å². The molecule has 1 aromatic heterocycles. The average Bonchev–Trinajstić information content (AvgIpc) is 2.74. The van der Waals surface area contributed by atoms with Crippen molar-refractivity contribution in [3.63, 3.8) is 0 Å². The van der Waals surface area contributed by atoms with Crippen molar-refractivity contribution in [2.45, 2.75) is 6.92 Å². The zero-order valence-electron chi connectivity index (χ0n) is 16.0. The molecule has 140 valence electrons. The van der Waals surface area contributed by atoms with Gasteiger partial charge in [0.15, 0.2) is 0 Å². The molecule has 0 aliphatic heterocycles. The highest BCUT2D eigenvalue weighted by Crippen LogP contribution is 2.25. The minimum absolute atomic E-state index is 0.185. The van der Waals surface area contributed by atoms with Crippen LogP contribution in [0.25, 0.3) is 28.0 Å². The normalized spacial score (nSPS) is 10.8. The Kier molecular flexibility index (Phi) is 4.57. The standard InChI is InChI=1S/C23H20N2O3/c1-15-4-6-16(7-5-15)22-23(26)25(17-8-10-18(27-2)11-9-17)21-14-19(28-3)12-13-20(21)24-22/h4-14H,1-3H3. The Bertz CT molecular complexity index is 1190. The van der Waals surface area contributed by atoms with E-state index >= 15 is 0 Å². The van der Waals surface area contributed by atoms with E-state index in [-0.39, 0.29) is 5.56 Å². The summed E-state index contributed by atoms with van der Waals surface area (Å²) < 4.78 is 12.3. The Balaban J connectivity index is 2.04. The quantitative estimate of drug-likeness (QED) is 0.533. The van der Waals surface area contributed by atoms with Gasteiger partial charge in [0.25, 0.3) is 5.56 Å². The molecule has 0 bridgehead atoms. The molecule has 0 fully saturated rings. The highest BCUT2D eigenvalue weighted by molar-refractivity contribution is 5.81.